The minimum Gasteiger partial charge on any atom is -0.508 e. The van der Waals surface area contributed by atoms with Gasteiger partial charge in [0, 0.05) is 19.3 Å². The molecule has 0 unspecified atom stereocenters. The number of phenols is 1. The Labute approximate surface area is 78.8 Å². The number of aryl methyl sites for hydroxylation is 1. The monoisotopic (exact) mass is 177 g/mol. The molecule has 0 spiro atoms. The molecule has 1 aromatic rings. The van der Waals surface area contributed by atoms with Gasteiger partial charge in [0.15, 0.2) is 0 Å². The van der Waals surface area contributed by atoms with E-state index in [1.165, 1.54) is 24.1 Å². The Morgan fingerprint density at radius 1 is 1.31 bits per heavy atom. The molecule has 0 amide bonds. The average Bonchev–Trinajstić information content (AvgIpc) is 2.28. The van der Waals surface area contributed by atoms with Crippen LogP contribution in [-0.4, -0.2) is 18.7 Å². The van der Waals surface area contributed by atoms with Crippen LogP contribution in [0, 0.1) is 0 Å². The Morgan fingerprint density at radius 3 is 3.00 bits per heavy atom. The number of benzene rings is 1. The second-order valence-corrected chi connectivity index (χ2v) is 3.69. The lowest BCUT2D eigenvalue weighted by Gasteiger charge is -2.18. The van der Waals surface area contributed by atoms with Crippen LogP contribution in [0.25, 0.3) is 0 Å². The van der Waals surface area contributed by atoms with Gasteiger partial charge in [-0.2, -0.15) is 0 Å². The maximum Gasteiger partial charge on any atom is 0.116 e. The number of fused-ring (bicyclic) bond motifs is 1. The highest BCUT2D eigenvalue weighted by Gasteiger charge is 2.11. The highest BCUT2D eigenvalue weighted by Crippen LogP contribution is 2.28. The van der Waals surface area contributed by atoms with Crippen molar-refractivity contribution in [2.75, 3.05) is 18.5 Å². The minimum atomic E-state index is 0.383. The lowest BCUT2D eigenvalue weighted by molar-refractivity contribution is 0.474. The van der Waals surface area contributed by atoms with Gasteiger partial charge in [-0.25, -0.2) is 0 Å². The highest BCUT2D eigenvalue weighted by molar-refractivity contribution is 5.56. The zero-order valence-electron chi connectivity index (χ0n) is 7.95. The summed E-state index contributed by atoms with van der Waals surface area (Å²) in [6.45, 7) is 1.12. The van der Waals surface area contributed by atoms with Gasteiger partial charge in [-0.15, -0.1) is 0 Å². The molecule has 2 heteroatoms. The molecule has 0 bridgehead atoms. The fourth-order valence-corrected chi connectivity index (χ4v) is 1.93. The number of anilines is 1. The molecule has 2 nitrogen and oxygen atoms in total. The molecule has 0 fully saturated rings. The van der Waals surface area contributed by atoms with Crippen LogP contribution in [0.5, 0.6) is 5.75 Å². The molecular formula is C11H15NO. The first-order valence-electron chi connectivity index (χ1n) is 4.80. The van der Waals surface area contributed by atoms with Crippen LogP contribution >= 0.6 is 0 Å². The third kappa shape index (κ3) is 1.62. The molecule has 0 saturated heterocycles. The lowest BCUT2D eigenvalue weighted by atomic mass is 10.1. The molecule has 0 radical (unpaired) electrons. The quantitative estimate of drug-likeness (QED) is 0.656. The van der Waals surface area contributed by atoms with E-state index in [0.29, 0.717) is 5.75 Å². The highest BCUT2D eigenvalue weighted by atomic mass is 16.3. The molecule has 70 valence electrons. The van der Waals surface area contributed by atoms with Crippen molar-refractivity contribution in [1.29, 1.82) is 0 Å². The predicted octanol–water partition coefficient (Wildman–Crippen LogP) is 2.16. The average molecular weight is 177 g/mol. The standard InChI is InChI=1S/C11H15NO/c1-12-7-3-2-4-9-8-10(13)5-6-11(9)12/h5-6,8,13H,2-4,7H2,1H3. The van der Waals surface area contributed by atoms with Gasteiger partial charge in [0.2, 0.25) is 0 Å². The van der Waals surface area contributed by atoms with E-state index in [2.05, 4.69) is 11.9 Å². The van der Waals surface area contributed by atoms with E-state index < -0.39 is 0 Å². The molecule has 2 rings (SSSR count). The molecule has 1 heterocycles. The first kappa shape index (κ1) is 8.42. The van der Waals surface area contributed by atoms with Crippen LogP contribution in [0.2, 0.25) is 0 Å². The fourth-order valence-electron chi connectivity index (χ4n) is 1.93. The summed E-state index contributed by atoms with van der Waals surface area (Å²) in [7, 11) is 2.11. The topological polar surface area (TPSA) is 23.5 Å². The Kier molecular flexibility index (Phi) is 2.13. The van der Waals surface area contributed by atoms with Gasteiger partial charge < -0.3 is 10.0 Å². The zero-order valence-corrected chi connectivity index (χ0v) is 7.95. The smallest absolute Gasteiger partial charge is 0.116 e. The van der Waals surface area contributed by atoms with Gasteiger partial charge in [0.25, 0.3) is 0 Å². The third-order valence-corrected chi connectivity index (χ3v) is 2.66. The Hall–Kier alpha value is -1.18. The van der Waals surface area contributed by atoms with Crippen molar-refractivity contribution >= 4 is 5.69 Å². The van der Waals surface area contributed by atoms with E-state index in [9.17, 15) is 5.11 Å². The van der Waals surface area contributed by atoms with Crippen molar-refractivity contribution in [2.45, 2.75) is 19.3 Å². The number of nitrogens with zero attached hydrogens (tertiary/aromatic N) is 1. The first-order chi connectivity index (χ1) is 6.27. The summed E-state index contributed by atoms with van der Waals surface area (Å²) in [6, 6.07) is 5.66. The van der Waals surface area contributed by atoms with Crippen LogP contribution in [0.3, 0.4) is 0 Å². The van der Waals surface area contributed by atoms with Crippen molar-refractivity contribution in [2.24, 2.45) is 0 Å². The number of aromatic hydroxyl groups is 1. The molecule has 0 atom stereocenters. The Balaban J connectivity index is 2.42. The second kappa shape index (κ2) is 3.29. The van der Waals surface area contributed by atoms with E-state index in [4.69, 9.17) is 0 Å². The SMILES string of the molecule is CN1CCCCc2cc(O)ccc21. The van der Waals surface area contributed by atoms with Crippen LogP contribution in [-0.2, 0) is 6.42 Å². The van der Waals surface area contributed by atoms with Gasteiger partial charge in [0.05, 0.1) is 0 Å². The molecule has 1 aromatic carbocycles. The van der Waals surface area contributed by atoms with E-state index in [-0.39, 0.29) is 0 Å². The van der Waals surface area contributed by atoms with Crippen LogP contribution in [0.4, 0.5) is 5.69 Å². The van der Waals surface area contributed by atoms with Crippen molar-refractivity contribution in [3.8, 4) is 5.75 Å². The maximum absolute atomic E-state index is 9.35. The van der Waals surface area contributed by atoms with E-state index in [1.54, 1.807) is 6.07 Å². The van der Waals surface area contributed by atoms with Crippen molar-refractivity contribution in [3.63, 3.8) is 0 Å². The maximum atomic E-state index is 9.35. The molecule has 1 aliphatic heterocycles. The Bertz CT molecular complexity index is 309. The molecule has 0 aromatic heterocycles. The second-order valence-electron chi connectivity index (χ2n) is 3.69. The van der Waals surface area contributed by atoms with Crippen LogP contribution in [0.15, 0.2) is 18.2 Å². The fraction of sp³-hybridized carbons (Fsp3) is 0.455. The molecule has 0 saturated carbocycles. The van der Waals surface area contributed by atoms with Gasteiger partial charge in [-0.05, 0) is 43.0 Å². The van der Waals surface area contributed by atoms with Gasteiger partial charge in [0.1, 0.15) is 5.75 Å². The summed E-state index contributed by atoms with van der Waals surface area (Å²) in [5, 5.41) is 9.35. The van der Waals surface area contributed by atoms with Gasteiger partial charge in [-0.1, -0.05) is 0 Å². The summed E-state index contributed by atoms with van der Waals surface area (Å²) in [6.07, 6.45) is 3.56. The van der Waals surface area contributed by atoms with Crippen LogP contribution < -0.4 is 4.90 Å². The van der Waals surface area contributed by atoms with E-state index in [0.717, 1.165) is 13.0 Å². The lowest BCUT2D eigenvalue weighted by Crippen LogP contribution is -2.17. The van der Waals surface area contributed by atoms with E-state index in [1.807, 2.05) is 12.1 Å². The Morgan fingerprint density at radius 2 is 2.15 bits per heavy atom. The number of phenolic OH excluding ortho intramolecular Hbond substituents is 1. The normalized spacial score (nSPS) is 16.5. The summed E-state index contributed by atoms with van der Waals surface area (Å²) in [4.78, 5) is 2.27. The summed E-state index contributed by atoms with van der Waals surface area (Å²) < 4.78 is 0. The summed E-state index contributed by atoms with van der Waals surface area (Å²) in [5.41, 5.74) is 2.55. The molecular weight excluding hydrogens is 162 g/mol. The molecule has 1 aliphatic rings. The third-order valence-electron chi connectivity index (χ3n) is 2.66. The van der Waals surface area contributed by atoms with Gasteiger partial charge in [-0.3, -0.25) is 0 Å². The number of hydrogen-bond acceptors (Lipinski definition) is 2. The molecule has 13 heavy (non-hydrogen) atoms. The number of rotatable bonds is 0. The zero-order chi connectivity index (χ0) is 9.26. The first-order valence-corrected chi connectivity index (χ1v) is 4.80. The largest absolute Gasteiger partial charge is 0.508 e. The van der Waals surface area contributed by atoms with Crippen molar-refractivity contribution in [1.82, 2.24) is 0 Å². The number of hydrogen-bond donors (Lipinski definition) is 1. The minimum absolute atomic E-state index is 0.383. The van der Waals surface area contributed by atoms with Crippen molar-refractivity contribution in [3.05, 3.63) is 23.8 Å². The van der Waals surface area contributed by atoms with Crippen LogP contribution in [0.1, 0.15) is 18.4 Å². The van der Waals surface area contributed by atoms with Gasteiger partial charge >= 0.3 is 0 Å². The van der Waals surface area contributed by atoms with E-state index >= 15 is 0 Å². The predicted molar refractivity (Wildman–Crippen MR) is 54.3 cm³/mol. The molecule has 0 aliphatic carbocycles. The summed E-state index contributed by atoms with van der Waals surface area (Å²) in [5.74, 6) is 0.383. The summed E-state index contributed by atoms with van der Waals surface area (Å²) >= 11 is 0. The molecule has 1 N–H and O–H groups in total. The van der Waals surface area contributed by atoms with Crippen molar-refractivity contribution < 1.29 is 5.11 Å².